The van der Waals surface area contributed by atoms with Gasteiger partial charge in [0.15, 0.2) is 5.58 Å². The fourth-order valence-electron chi connectivity index (χ4n) is 2.77. The molecule has 0 saturated carbocycles. The number of hydrogen-bond donors (Lipinski definition) is 2. The van der Waals surface area contributed by atoms with Crippen LogP contribution >= 0.6 is 0 Å². The minimum atomic E-state index is -0.564. The predicted molar refractivity (Wildman–Crippen MR) is 107 cm³/mol. The molecule has 0 aliphatic rings. The van der Waals surface area contributed by atoms with E-state index in [4.69, 9.17) is 4.42 Å². The van der Waals surface area contributed by atoms with E-state index in [1.807, 2.05) is 38.1 Å². The van der Waals surface area contributed by atoms with Crippen LogP contribution in [0.2, 0.25) is 0 Å². The maximum atomic E-state index is 12.3. The van der Waals surface area contributed by atoms with Gasteiger partial charge in [-0.3, -0.25) is 14.2 Å². The molecule has 0 spiro atoms. The summed E-state index contributed by atoms with van der Waals surface area (Å²) in [4.78, 5) is 36.3. The molecule has 2 N–H and O–H groups in total. The number of rotatable bonds is 7. The van der Waals surface area contributed by atoms with E-state index in [9.17, 15) is 14.4 Å². The van der Waals surface area contributed by atoms with Gasteiger partial charge in [-0.05, 0) is 36.2 Å². The Morgan fingerprint density at radius 3 is 2.71 bits per heavy atom. The maximum absolute atomic E-state index is 12.3. The Kier molecular flexibility index (Phi) is 5.93. The highest BCUT2D eigenvalue weighted by Crippen LogP contribution is 2.14. The number of carbonyl (C=O) groups excluding carboxylic acids is 2. The molecule has 1 heterocycles. The van der Waals surface area contributed by atoms with Gasteiger partial charge in [0.25, 0.3) is 0 Å². The standard InChI is InChI=1S/C21H23N3O4/c1-3-14(2)20(26)23-16-8-6-7-15(11-16)12-22-19(25)13-24-17-9-4-5-10-18(17)28-21(24)27/h4-11,14H,3,12-13H2,1-2H3,(H,22,25)(H,23,26). The average Bonchev–Trinajstić information content (AvgIpc) is 3.01. The molecule has 1 unspecified atom stereocenters. The summed E-state index contributed by atoms with van der Waals surface area (Å²) in [5, 5.41) is 5.67. The number of carbonyl (C=O) groups is 2. The summed E-state index contributed by atoms with van der Waals surface area (Å²) in [6, 6.07) is 14.3. The molecular weight excluding hydrogens is 358 g/mol. The Labute approximate surface area is 162 Å². The van der Waals surface area contributed by atoms with Crippen molar-refractivity contribution < 1.29 is 14.0 Å². The zero-order valence-corrected chi connectivity index (χ0v) is 15.9. The average molecular weight is 381 g/mol. The van der Waals surface area contributed by atoms with Gasteiger partial charge in [0.05, 0.1) is 5.52 Å². The van der Waals surface area contributed by atoms with Crippen molar-refractivity contribution in [3.63, 3.8) is 0 Å². The summed E-state index contributed by atoms with van der Waals surface area (Å²) in [5.41, 5.74) is 2.57. The second-order valence-electron chi connectivity index (χ2n) is 6.70. The van der Waals surface area contributed by atoms with Crippen molar-refractivity contribution in [1.82, 2.24) is 9.88 Å². The van der Waals surface area contributed by atoms with E-state index in [0.717, 1.165) is 12.0 Å². The van der Waals surface area contributed by atoms with Crippen molar-refractivity contribution in [3.05, 3.63) is 64.6 Å². The van der Waals surface area contributed by atoms with Crippen molar-refractivity contribution in [3.8, 4) is 0 Å². The minimum absolute atomic E-state index is 0.0325. The largest absolute Gasteiger partial charge is 0.420 e. The number of nitrogens with one attached hydrogen (secondary N) is 2. The van der Waals surface area contributed by atoms with Crippen LogP contribution in [0.1, 0.15) is 25.8 Å². The van der Waals surface area contributed by atoms with Crippen LogP contribution < -0.4 is 16.4 Å². The van der Waals surface area contributed by atoms with Crippen molar-refractivity contribution in [1.29, 1.82) is 0 Å². The molecule has 7 heteroatoms. The Morgan fingerprint density at radius 2 is 1.93 bits per heavy atom. The molecule has 0 radical (unpaired) electrons. The molecule has 0 aliphatic heterocycles. The Hall–Kier alpha value is -3.35. The summed E-state index contributed by atoms with van der Waals surface area (Å²) in [6.45, 7) is 4.00. The molecule has 0 aliphatic carbocycles. The molecule has 3 rings (SSSR count). The fraction of sp³-hybridized carbons (Fsp3) is 0.286. The summed E-state index contributed by atoms with van der Waals surface area (Å²) in [5.74, 6) is -0.963. The van der Waals surface area contributed by atoms with Crippen molar-refractivity contribution in [2.75, 3.05) is 5.32 Å². The SMILES string of the molecule is CCC(C)C(=O)Nc1cccc(CNC(=O)Cn2c(=O)oc3ccccc32)c1. The number of fused-ring (bicyclic) bond motifs is 1. The number of nitrogens with zero attached hydrogens (tertiary/aromatic N) is 1. The molecule has 2 aromatic carbocycles. The molecule has 0 saturated heterocycles. The third-order valence-corrected chi connectivity index (χ3v) is 4.62. The lowest BCUT2D eigenvalue weighted by Crippen LogP contribution is -2.30. The summed E-state index contributed by atoms with van der Waals surface area (Å²) in [6.07, 6.45) is 0.768. The molecular formula is C21H23N3O4. The highest BCUT2D eigenvalue weighted by molar-refractivity contribution is 5.92. The number of anilines is 1. The lowest BCUT2D eigenvalue weighted by atomic mass is 10.1. The number of benzene rings is 2. The van der Waals surface area contributed by atoms with Gasteiger partial charge in [-0.2, -0.15) is 0 Å². The van der Waals surface area contributed by atoms with Crippen LogP contribution in [0.4, 0.5) is 5.69 Å². The molecule has 1 atom stereocenters. The summed E-state index contributed by atoms with van der Waals surface area (Å²) < 4.78 is 6.43. The Morgan fingerprint density at radius 1 is 1.14 bits per heavy atom. The van der Waals surface area contributed by atoms with Gasteiger partial charge in [0.1, 0.15) is 6.54 Å². The van der Waals surface area contributed by atoms with E-state index >= 15 is 0 Å². The van der Waals surface area contributed by atoms with Crippen LogP contribution in [-0.2, 0) is 22.7 Å². The molecule has 0 fully saturated rings. The number of para-hydroxylation sites is 2. The molecule has 7 nitrogen and oxygen atoms in total. The fourth-order valence-corrected chi connectivity index (χ4v) is 2.77. The van der Waals surface area contributed by atoms with E-state index in [1.165, 1.54) is 4.57 Å². The minimum Gasteiger partial charge on any atom is -0.408 e. The van der Waals surface area contributed by atoms with Crippen molar-refractivity contribution >= 4 is 28.6 Å². The second-order valence-corrected chi connectivity index (χ2v) is 6.70. The van der Waals surface area contributed by atoms with Crippen LogP contribution in [0, 0.1) is 5.92 Å². The zero-order valence-electron chi connectivity index (χ0n) is 15.9. The topological polar surface area (TPSA) is 93.3 Å². The van der Waals surface area contributed by atoms with Gasteiger partial charge in [0.2, 0.25) is 11.8 Å². The van der Waals surface area contributed by atoms with Gasteiger partial charge < -0.3 is 15.1 Å². The molecule has 3 aromatic rings. The number of amides is 2. The first-order chi connectivity index (χ1) is 13.5. The third-order valence-electron chi connectivity index (χ3n) is 4.62. The lowest BCUT2D eigenvalue weighted by Gasteiger charge is -2.11. The Balaban J connectivity index is 1.62. The molecule has 0 bridgehead atoms. The van der Waals surface area contributed by atoms with Gasteiger partial charge in [-0.1, -0.05) is 38.1 Å². The summed E-state index contributed by atoms with van der Waals surface area (Å²) in [7, 11) is 0. The van der Waals surface area contributed by atoms with Gasteiger partial charge >= 0.3 is 5.76 Å². The third kappa shape index (κ3) is 4.49. The second kappa shape index (κ2) is 8.56. The van der Waals surface area contributed by atoms with Gasteiger partial charge in [0, 0.05) is 18.2 Å². The van der Waals surface area contributed by atoms with Crippen LogP contribution in [0.5, 0.6) is 0 Å². The van der Waals surface area contributed by atoms with E-state index < -0.39 is 5.76 Å². The van der Waals surface area contributed by atoms with E-state index in [2.05, 4.69) is 10.6 Å². The molecule has 146 valence electrons. The van der Waals surface area contributed by atoms with Gasteiger partial charge in [-0.15, -0.1) is 0 Å². The van der Waals surface area contributed by atoms with E-state index in [0.29, 0.717) is 16.8 Å². The normalized spacial score (nSPS) is 11.9. The zero-order chi connectivity index (χ0) is 20.1. The molecule has 28 heavy (non-hydrogen) atoms. The number of aromatic nitrogens is 1. The highest BCUT2D eigenvalue weighted by Gasteiger charge is 2.13. The first-order valence-corrected chi connectivity index (χ1v) is 9.22. The first-order valence-electron chi connectivity index (χ1n) is 9.22. The maximum Gasteiger partial charge on any atom is 0.420 e. The van der Waals surface area contributed by atoms with Crippen LogP contribution in [0.25, 0.3) is 11.1 Å². The smallest absolute Gasteiger partial charge is 0.408 e. The van der Waals surface area contributed by atoms with E-state index in [-0.39, 0.29) is 30.8 Å². The lowest BCUT2D eigenvalue weighted by molar-refractivity contribution is -0.122. The van der Waals surface area contributed by atoms with Crippen molar-refractivity contribution in [2.45, 2.75) is 33.4 Å². The molecule has 2 amide bonds. The molecule has 1 aromatic heterocycles. The summed E-state index contributed by atoms with van der Waals surface area (Å²) >= 11 is 0. The predicted octanol–water partition coefficient (Wildman–Crippen LogP) is 2.90. The van der Waals surface area contributed by atoms with Crippen LogP contribution in [0.15, 0.2) is 57.7 Å². The van der Waals surface area contributed by atoms with E-state index in [1.54, 1.807) is 24.3 Å². The number of oxazole rings is 1. The van der Waals surface area contributed by atoms with Crippen LogP contribution in [-0.4, -0.2) is 16.4 Å². The number of hydrogen-bond acceptors (Lipinski definition) is 4. The van der Waals surface area contributed by atoms with Crippen molar-refractivity contribution in [2.24, 2.45) is 5.92 Å². The highest BCUT2D eigenvalue weighted by atomic mass is 16.4. The van der Waals surface area contributed by atoms with Crippen LogP contribution in [0.3, 0.4) is 0 Å². The first kappa shape index (κ1) is 19.4. The monoisotopic (exact) mass is 381 g/mol. The quantitative estimate of drug-likeness (QED) is 0.658. The Bertz CT molecular complexity index is 1050. The van der Waals surface area contributed by atoms with Gasteiger partial charge in [-0.25, -0.2) is 4.79 Å².